The van der Waals surface area contributed by atoms with Crippen molar-refractivity contribution < 1.29 is 27.6 Å². The van der Waals surface area contributed by atoms with Crippen LogP contribution in [0.4, 0.5) is 18.9 Å². The van der Waals surface area contributed by atoms with Gasteiger partial charge in [-0.05, 0) is 18.2 Å². The molecule has 0 saturated carbocycles. The van der Waals surface area contributed by atoms with Gasteiger partial charge in [0.2, 0.25) is 17.7 Å². The van der Waals surface area contributed by atoms with Crippen molar-refractivity contribution in [1.29, 1.82) is 0 Å². The normalized spacial score (nSPS) is 16.6. The summed E-state index contributed by atoms with van der Waals surface area (Å²) in [5, 5.41) is 6.19. The highest BCUT2D eigenvalue weighted by Crippen LogP contribution is 2.38. The van der Waals surface area contributed by atoms with E-state index in [1.54, 1.807) is 23.5 Å². The van der Waals surface area contributed by atoms with Gasteiger partial charge in [-0.1, -0.05) is 11.6 Å². The van der Waals surface area contributed by atoms with Crippen molar-refractivity contribution in [3.8, 4) is 0 Å². The molecule has 1 aliphatic rings. The summed E-state index contributed by atoms with van der Waals surface area (Å²) in [6.07, 6.45) is -4.74. The molecule has 3 N–H and O–H groups in total. The monoisotopic (exact) mass is 395 g/mol. The molecule has 1 aromatic carbocycles. The Labute approximate surface area is 149 Å². The van der Waals surface area contributed by atoms with E-state index in [-0.39, 0.29) is 6.42 Å². The third-order valence-corrected chi connectivity index (χ3v) is 4.57. The van der Waals surface area contributed by atoms with Gasteiger partial charge >= 0.3 is 6.18 Å². The van der Waals surface area contributed by atoms with Crippen LogP contribution in [0.15, 0.2) is 23.1 Å². The van der Waals surface area contributed by atoms with Crippen LogP contribution in [0.1, 0.15) is 6.42 Å². The topological polar surface area (TPSA) is 87.3 Å². The van der Waals surface area contributed by atoms with E-state index in [2.05, 4.69) is 10.6 Å². The van der Waals surface area contributed by atoms with Crippen LogP contribution in [-0.4, -0.2) is 42.2 Å². The largest absolute Gasteiger partial charge is 0.405 e. The van der Waals surface area contributed by atoms with Gasteiger partial charge in [-0.15, -0.1) is 11.8 Å². The molecule has 0 saturated heterocycles. The average Bonchev–Trinajstić information content (AvgIpc) is 2.51. The number of amides is 3. The highest BCUT2D eigenvalue weighted by molar-refractivity contribution is 8.01. The molecule has 1 aliphatic heterocycles. The van der Waals surface area contributed by atoms with Gasteiger partial charge in [0.1, 0.15) is 6.54 Å². The zero-order chi connectivity index (χ0) is 18.6. The number of carbonyl (C=O) groups is 3. The number of halogens is 4. The minimum Gasteiger partial charge on any atom is -0.347 e. The molecule has 1 atom stereocenters. The summed E-state index contributed by atoms with van der Waals surface area (Å²) < 4.78 is 35.9. The number of rotatable bonds is 5. The number of hydrogen-bond acceptors (Lipinski definition) is 4. The summed E-state index contributed by atoms with van der Waals surface area (Å²) in [7, 11) is 0. The highest BCUT2D eigenvalue weighted by atomic mass is 35.5. The minimum absolute atomic E-state index is 0.217. The number of hydrogen-bond donors (Lipinski definition) is 3. The Morgan fingerprint density at radius 3 is 2.64 bits per heavy atom. The first-order chi connectivity index (χ1) is 11.6. The molecule has 1 unspecified atom stereocenters. The predicted molar refractivity (Wildman–Crippen MR) is 86.4 cm³/mol. The molecular weight excluding hydrogens is 383 g/mol. The van der Waals surface area contributed by atoms with Crippen LogP contribution < -0.4 is 16.0 Å². The van der Waals surface area contributed by atoms with Crippen molar-refractivity contribution in [2.24, 2.45) is 0 Å². The second kappa shape index (κ2) is 7.96. The van der Waals surface area contributed by atoms with Crippen LogP contribution in [0.2, 0.25) is 5.02 Å². The van der Waals surface area contributed by atoms with E-state index in [1.165, 1.54) is 11.8 Å². The Bertz CT molecular complexity index is 700. The van der Waals surface area contributed by atoms with Crippen LogP contribution >= 0.6 is 23.4 Å². The van der Waals surface area contributed by atoms with Crippen molar-refractivity contribution in [3.63, 3.8) is 0 Å². The summed E-state index contributed by atoms with van der Waals surface area (Å²) in [5.74, 6) is -1.98. The molecule has 0 bridgehead atoms. The van der Waals surface area contributed by atoms with Gasteiger partial charge in [-0.2, -0.15) is 13.2 Å². The van der Waals surface area contributed by atoms with Gasteiger partial charge in [-0.25, -0.2) is 0 Å². The van der Waals surface area contributed by atoms with Crippen molar-refractivity contribution in [2.45, 2.75) is 22.7 Å². The Kier molecular flexibility index (Phi) is 6.17. The van der Waals surface area contributed by atoms with E-state index in [0.717, 1.165) is 4.90 Å². The van der Waals surface area contributed by atoms with Gasteiger partial charge in [0, 0.05) is 16.3 Å². The molecule has 0 spiro atoms. The minimum atomic E-state index is -4.52. The smallest absolute Gasteiger partial charge is 0.347 e. The van der Waals surface area contributed by atoms with Gasteiger partial charge in [0.15, 0.2) is 0 Å². The Hall–Kier alpha value is -1.94. The molecule has 3 amide bonds. The third-order valence-electron chi connectivity index (χ3n) is 3.06. The van der Waals surface area contributed by atoms with Crippen LogP contribution in [0.25, 0.3) is 0 Å². The lowest BCUT2D eigenvalue weighted by molar-refractivity contribution is -0.138. The van der Waals surface area contributed by atoms with E-state index in [1.807, 2.05) is 0 Å². The fourth-order valence-corrected chi connectivity index (χ4v) is 3.20. The molecule has 11 heteroatoms. The predicted octanol–water partition coefficient (Wildman–Crippen LogP) is 1.94. The van der Waals surface area contributed by atoms with Crippen molar-refractivity contribution in [3.05, 3.63) is 23.2 Å². The number of carbonyl (C=O) groups excluding carboxylic acids is 3. The Morgan fingerprint density at radius 2 is 1.96 bits per heavy atom. The van der Waals surface area contributed by atoms with Crippen molar-refractivity contribution in [1.82, 2.24) is 10.6 Å². The summed E-state index contributed by atoms with van der Waals surface area (Å²) in [5.41, 5.74) is 0.547. The molecule has 2 rings (SSSR count). The maximum Gasteiger partial charge on any atom is 0.405 e. The zero-order valence-corrected chi connectivity index (χ0v) is 14.1. The first kappa shape index (κ1) is 19.4. The summed E-state index contributed by atoms with van der Waals surface area (Å²) in [6, 6.07) is 4.94. The molecule has 1 heterocycles. The molecule has 1 aromatic rings. The van der Waals surface area contributed by atoms with E-state index >= 15 is 0 Å². The van der Waals surface area contributed by atoms with Crippen LogP contribution in [0.5, 0.6) is 0 Å². The van der Waals surface area contributed by atoms with E-state index in [9.17, 15) is 27.6 Å². The number of thioether (sulfide) groups is 1. The molecule has 6 nitrogen and oxygen atoms in total. The maximum absolute atomic E-state index is 12.0. The highest BCUT2D eigenvalue weighted by Gasteiger charge is 2.30. The summed E-state index contributed by atoms with van der Waals surface area (Å²) >= 11 is 7.01. The number of nitrogens with one attached hydrogen (secondary N) is 3. The maximum atomic E-state index is 12.0. The molecule has 136 valence electrons. The van der Waals surface area contributed by atoms with Crippen molar-refractivity contribution in [2.75, 3.05) is 18.4 Å². The molecule has 0 fully saturated rings. The Balaban J connectivity index is 1.82. The van der Waals surface area contributed by atoms with Crippen LogP contribution in [-0.2, 0) is 14.4 Å². The lowest BCUT2D eigenvalue weighted by Crippen LogP contribution is -2.42. The lowest BCUT2D eigenvalue weighted by Gasteiger charge is -2.23. The molecule has 25 heavy (non-hydrogen) atoms. The SMILES string of the molecule is O=C(CNC(=O)CC1Sc2ccc(Cl)cc2NC1=O)NCC(F)(F)F. The lowest BCUT2D eigenvalue weighted by atomic mass is 10.2. The Morgan fingerprint density at radius 1 is 1.24 bits per heavy atom. The van der Waals surface area contributed by atoms with Gasteiger partial charge in [0.25, 0.3) is 0 Å². The molecule has 0 aliphatic carbocycles. The van der Waals surface area contributed by atoms with Gasteiger partial charge in [0.05, 0.1) is 17.5 Å². The second-order valence-electron chi connectivity index (χ2n) is 5.11. The first-order valence-corrected chi connectivity index (χ1v) is 8.27. The van der Waals surface area contributed by atoms with Crippen molar-refractivity contribution >= 4 is 46.8 Å². The third kappa shape index (κ3) is 6.13. The average molecular weight is 396 g/mol. The number of fused-ring (bicyclic) bond motifs is 1. The first-order valence-electron chi connectivity index (χ1n) is 7.01. The number of anilines is 1. The second-order valence-corrected chi connectivity index (χ2v) is 6.79. The molecule has 0 aromatic heterocycles. The fraction of sp³-hybridized carbons (Fsp3) is 0.357. The zero-order valence-electron chi connectivity index (χ0n) is 12.6. The van der Waals surface area contributed by atoms with Crippen LogP contribution in [0, 0.1) is 0 Å². The number of alkyl halides is 3. The standard InChI is InChI=1S/C14H13ClF3N3O3S/c15-7-1-2-9-8(3-7)21-13(24)10(25-9)4-11(22)19-5-12(23)20-6-14(16,17)18/h1-3,10H,4-6H2,(H,19,22)(H,20,23)(H,21,24). The van der Waals surface area contributed by atoms with E-state index < -0.39 is 42.2 Å². The molecule has 0 radical (unpaired) electrons. The fourth-order valence-electron chi connectivity index (χ4n) is 1.94. The quantitative estimate of drug-likeness (QED) is 0.711. The van der Waals surface area contributed by atoms with E-state index in [4.69, 9.17) is 11.6 Å². The molecular formula is C14H13ClF3N3O3S. The van der Waals surface area contributed by atoms with E-state index in [0.29, 0.717) is 10.7 Å². The summed E-state index contributed by atoms with van der Waals surface area (Å²) in [6.45, 7) is -2.07. The summed E-state index contributed by atoms with van der Waals surface area (Å²) in [4.78, 5) is 35.8. The number of benzene rings is 1. The van der Waals surface area contributed by atoms with Gasteiger partial charge < -0.3 is 16.0 Å². The van der Waals surface area contributed by atoms with Crippen LogP contribution in [0.3, 0.4) is 0 Å². The van der Waals surface area contributed by atoms with Gasteiger partial charge in [-0.3, -0.25) is 14.4 Å².